The van der Waals surface area contributed by atoms with Gasteiger partial charge in [-0.3, -0.25) is 0 Å². The van der Waals surface area contributed by atoms with Crippen LogP contribution in [0.25, 0.3) is 0 Å². The number of thiazole rings is 1. The molecule has 3 aromatic rings. The van der Waals surface area contributed by atoms with Gasteiger partial charge in [0.1, 0.15) is 5.75 Å². The Hall–Kier alpha value is -2.33. The zero-order valence-electron chi connectivity index (χ0n) is 14.3. The summed E-state index contributed by atoms with van der Waals surface area (Å²) in [6, 6.07) is 16.0. The Labute approximate surface area is 147 Å². The van der Waals surface area contributed by atoms with Crippen LogP contribution in [0.5, 0.6) is 5.75 Å². The van der Waals surface area contributed by atoms with E-state index in [1.165, 1.54) is 16.0 Å². The third kappa shape index (κ3) is 3.95. The van der Waals surface area contributed by atoms with Gasteiger partial charge in [-0.2, -0.15) is 0 Å². The minimum atomic E-state index is 0.296. The average Bonchev–Trinajstić information content (AvgIpc) is 2.90. The lowest BCUT2D eigenvalue weighted by molar-refractivity contribution is 0.475. The van der Waals surface area contributed by atoms with Crippen molar-refractivity contribution in [2.24, 2.45) is 0 Å². The lowest BCUT2D eigenvalue weighted by Gasteiger charge is -2.22. The third-order valence-electron chi connectivity index (χ3n) is 4.09. The molecule has 0 unspecified atom stereocenters. The van der Waals surface area contributed by atoms with Crippen LogP contribution in [0.4, 0.5) is 5.13 Å². The Morgan fingerprint density at radius 1 is 0.875 bits per heavy atom. The number of anilines is 1. The fraction of sp³-hybridized carbons (Fsp3) is 0.250. The highest BCUT2D eigenvalue weighted by Crippen LogP contribution is 2.28. The van der Waals surface area contributed by atoms with Gasteiger partial charge in [0, 0.05) is 18.0 Å². The summed E-state index contributed by atoms with van der Waals surface area (Å²) < 4.78 is 0. The first-order valence-electron chi connectivity index (χ1n) is 8.03. The van der Waals surface area contributed by atoms with E-state index in [0.717, 1.165) is 29.5 Å². The molecule has 0 saturated heterocycles. The molecule has 1 aromatic heterocycles. The number of aromatic nitrogens is 1. The molecule has 1 heterocycles. The first-order valence-corrected chi connectivity index (χ1v) is 8.85. The van der Waals surface area contributed by atoms with Gasteiger partial charge in [-0.05, 0) is 44.0 Å². The van der Waals surface area contributed by atoms with E-state index in [0.29, 0.717) is 5.75 Å². The molecule has 4 heteroatoms. The molecule has 2 aromatic carbocycles. The number of phenolic OH excluding ortho intramolecular Hbond substituents is 1. The number of hydrogen-bond donors (Lipinski definition) is 1. The summed E-state index contributed by atoms with van der Waals surface area (Å²) in [5.41, 5.74) is 4.79. The maximum absolute atomic E-state index is 9.48. The maximum atomic E-state index is 9.48. The summed E-state index contributed by atoms with van der Waals surface area (Å²) in [6.07, 6.45) is 0. The fourth-order valence-electron chi connectivity index (χ4n) is 2.52. The van der Waals surface area contributed by atoms with Gasteiger partial charge in [0.15, 0.2) is 5.13 Å². The Kier molecular flexibility index (Phi) is 4.86. The lowest BCUT2D eigenvalue weighted by Crippen LogP contribution is -2.22. The quantitative estimate of drug-likeness (QED) is 0.713. The monoisotopic (exact) mass is 338 g/mol. The highest BCUT2D eigenvalue weighted by molar-refractivity contribution is 7.15. The first kappa shape index (κ1) is 16.5. The molecule has 0 amide bonds. The summed E-state index contributed by atoms with van der Waals surface area (Å²) >= 11 is 1.73. The van der Waals surface area contributed by atoms with Crippen molar-refractivity contribution < 1.29 is 5.11 Å². The molecule has 0 saturated carbocycles. The van der Waals surface area contributed by atoms with E-state index in [1.54, 1.807) is 23.5 Å². The molecule has 0 aliphatic carbocycles. The molecule has 0 aliphatic rings. The smallest absolute Gasteiger partial charge is 0.186 e. The van der Waals surface area contributed by atoms with Crippen molar-refractivity contribution in [3.8, 4) is 5.75 Å². The van der Waals surface area contributed by atoms with Crippen molar-refractivity contribution in [1.29, 1.82) is 0 Å². The molecule has 1 N–H and O–H groups in total. The van der Waals surface area contributed by atoms with E-state index in [1.807, 2.05) is 12.1 Å². The molecule has 0 radical (unpaired) electrons. The van der Waals surface area contributed by atoms with Gasteiger partial charge in [0.2, 0.25) is 0 Å². The van der Waals surface area contributed by atoms with Gasteiger partial charge >= 0.3 is 0 Å². The average molecular weight is 338 g/mol. The van der Waals surface area contributed by atoms with Crippen LogP contribution in [0.15, 0.2) is 48.5 Å². The minimum absolute atomic E-state index is 0.296. The zero-order valence-corrected chi connectivity index (χ0v) is 15.1. The second-order valence-corrected chi connectivity index (χ2v) is 7.33. The minimum Gasteiger partial charge on any atom is -0.508 e. The van der Waals surface area contributed by atoms with Gasteiger partial charge in [0.05, 0.1) is 5.69 Å². The van der Waals surface area contributed by atoms with Crippen molar-refractivity contribution in [3.05, 3.63) is 75.8 Å². The van der Waals surface area contributed by atoms with Crippen molar-refractivity contribution >= 4 is 16.5 Å². The van der Waals surface area contributed by atoms with Gasteiger partial charge in [-0.25, -0.2) is 4.98 Å². The Balaban J connectivity index is 1.87. The van der Waals surface area contributed by atoms with Crippen LogP contribution in [0.1, 0.15) is 27.3 Å². The predicted octanol–water partition coefficient (Wildman–Crippen LogP) is 4.98. The van der Waals surface area contributed by atoms with Gasteiger partial charge < -0.3 is 10.0 Å². The standard InChI is InChI=1S/C20H22N2OS/c1-14-4-6-17(7-5-14)12-22(20-21-15(2)16(3)24-20)13-18-8-10-19(23)11-9-18/h4-11,23H,12-13H2,1-3H3. The van der Waals surface area contributed by atoms with Crippen LogP contribution in [0.2, 0.25) is 0 Å². The van der Waals surface area contributed by atoms with Crippen molar-refractivity contribution in [2.75, 3.05) is 4.90 Å². The molecular formula is C20H22N2OS. The van der Waals surface area contributed by atoms with Crippen molar-refractivity contribution in [3.63, 3.8) is 0 Å². The summed E-state index contributed by atoms with van der Waals surface area (Å²) in [6.45, 7) is 7.85. The second kappa shape index (κ2) is 7.05. The Morgan fingerprint density at radius 2 is 1.42 bits per heavy atom. The lowest BCUT2D eigenvalue weighted by atomic mass is 10.1. The number of benzene rings is 2. The van der Waals surface area contributed by atoms with E-state index in [4.69, 9.17) is 4.98 Å². The van der Waals surface area contributed by atoms with Crippen molar-refractivity contribution in [1.82, 2.24) is 4.98 Å². The van der Waals surface area contributed by atoms with Crippen LogP contribution >= 0.6 is 11.3 Å². The summed E-state index contributed by atoms with van der Waals surface area (Å²) in [5.74, 6) is 0.296. The van der Waals surface area contributed by atoms with E-state index in [-0.39, 0.29) is 0 Å². The molecule has 0 aliphatic heterocycles. The zero-order chi connectivity index (χ0) is 17.1. The van der Waals surface area contributed by atoms with Crippen LogP contribution in [-0.4, -0.2) is 10.1 Å². The summed E-state index contributed by atoms with van der Waals surface area (Å²) in [7, 11) is 0. The topological polar surface area (TPSA) is 36.4 Å². The van der Waals surface area contributed by atoms with Gasteiger partial charge in [0.25, 0.3) is 0 Å². The fourth-order valence-corrected chi connectivity index (χ4v) is 3.43. The van der Waals surface area contributed by atoms with Crippen molar-refractivity contribution in [2.45, 2.75) is 33.9 Å². The maximum Gasteiger partial charge on any atom is 0.186 e. The van der Waals surface area contributed by atoms with Gasteiger partial charge in [-0.15, -0.1) is 11.3 Å². The normalized spacial score (nSPS) is 10.8. The molecular weight excluding hydrogens is 316 g/mol. The molecule has 0 atom stereocenters. The highest BCUT2D eigenvalue weighted by atomic mass is 32.1. The van der Waals surface area contributed by atoms with Crippen LogP contribution in [-0.2, 0) is 13.1 Å². The van der Waals surface area contributed by atoms with E-state index < -0.39 is 0 Å². The van der Waals surface area contributed by atoms with Crippen LogP contribution in [0.3, 0.4) is 0 Å². The number of hydrogen-bond acceptors (Lipinski definition) is 4. The number of nitrogens with zero attached hydrogens (tertiary/aromatic N) is 2. The predicted molar refractivity (Wildman–Crippen MR) is 101 cm³/mol. The van der Waals surface area contributed by atoms with Crippen LogP contribution < -0.4 is 4.90 Å². The summed E-state index contributed by atoms with van der Waals surface area (Å²) in [4.78, 5) is 8.28. The molecule has 0 spiro atoms. The largest absolute Gasteiger partial charge is 0.508 e. The van der Waals surface area contributed by atoms with E-state index in [2.05, 4.69) is 49.9 Å². The summed E-state index contributed by atoms with van der Waals surface area (Å²) in [5, 5.41) is 10.5. The molecule has 0 bridgehead atoms. The number of rotatable bonds is 5. The SMILES string of the molecule is Cc1ccc(CN(Cc2ccc(O)cc2)c2nc(C)c(C)s2)cc1. The highest BCUT2D eigenvalue weighted by Gasteiger charge is 2.14. The van der Waals surface area contributed by atoms with E-state index in [9.17, 15) is 5.11 Å². The molecule has 3 nitrogen and oxygen atoms in total. The molecule has 24 heavy (non-hydrogen) atoms. The molecule has 3 rings (SSSR count). The molecule has 0 fully saturated rings. The second-order valence-electron chi connectivity index (χ2n) is 6.15. The Morgan fingerprint density at radius 3 is 1.92 bits per heavy atom. The number of aromatic hydroxyl groups is 1. The number of aryl methyl sites for hydroxylation is 3. The Bertz CT molecular complexity index is 740. The first-order chi connectivity index (χ1) is 11.5. The van der Waals surface area contributed by atoms with E-state index >= 15 is 0 Å². The van der Waals surface area contributed by atoms with Crippen LogP contribution in [0, 0.1) is 20.8 Å². The number of phenols is 1. The third-order valence-corrected chi connectivity index (χ3v) is 5.23. The molecule has 124 valence electrons. The van der Waals surface area contributed by atoms with Gasteiger partial charge in [-0.1, -0.05) is 42.0 Å².